The maximum atomic E-state index is 6.27. The molecule has 0 spiro atoms. The van der Waals surface area contributed by atoms with E-state index < -0.39 is 5.79 Å². The van der Waals surface area contributed by atoms with E-state index in [1.54, 1.807) is 0 Å². The Hall–Kier alpha value is -1.20. The van der Waals surface area contributed by atoms with Crippen LogP contribution in [0.1, 0.15) is 23.0 Å². The van der Waals surface area contributed by atoms with Crippen LogP contribution in [0, 0.1) is 47.3 Å². The molecule has 6 bridgehead atoms. The Morgan fingerprint density at radius 1 is 0.621 bits per heavy atom. The highest BCUT2D eigenvalue weighted by Gasteiger charge is 2.80. The summed E-state index contributed by atoms with van der Waals surface area (Å²) in [5.74, 6) is 4.78. The Kier molecular flexibility index (Phi) is 3.33. The summed E-state index contributed by atoms with van der Waals surface area (Å²) in [6, 6.07) is 9.10. The molecule has 0 aliphatic heterocycles. The Morgan fingerprint density at radius 3 is 1.52 bits per heavy atom. The molecule has 7 rings (SSSR count). The molecule has 6 aliphatic carbocycles. The fourth-order valence-electron chi connectivity index (χ4n) is 9.89. The van der Waals surface area contributed by atoms with Crippen molar-refractivity contribution < 1.29 is 18.9 Å². The van der Waals surface area contributed by atoms with Gasteiger partial charge in [-0.05, 0) is 46.6 Å². The number of hydrogen-bond donors (Lipinski definition) is 0. The van der Waals surface area contributed by atoms with Gasteiger partial charge in [-0.15, -0.1) is 0 Å². The Morgan fingerprint density at radius 2 is 1.10 bits per heavy atom. The minimum absolute atomic E-state index is 0.323. The van der Waals surface area contributed by atoms with Gasteiger partial charge in [-0.25, -0.2) is 0 Å². The molecule has 4 fully saturated rings. The van der Waals surface area contributed by atoms with E-state index in [-0.39, 0.29) is 0 Å². The third-order valence-corrected chi connectivity index (χ3v) is 10.1. The molecule has 4 saturated carbocycles. The predicted octanol–water partition coefficient (Wildman–Crippen LogP) is 3.44. The molecule has 0 saturated heterocycles. The monoisotopic (exact) mass is 394 g/mol. The van der Waals surface area contributed by atoms with E-state index in [1.165, 1.54) is 11.1 Å². The van der Waals surface area contributed by atoms with Gasteiger partial charge in [-0.2, -0.15) is 0 Å². The van der Waals surface area contributed by atoms with E-state index in [2.05, 4.69) is 36.4 Å². The van der Waals surface area contributed by atoms with E-state index in [9.17, 15) is 0 Å². The molecule has 0 heterocycles. The van der Waals surface area contributed by atoms with Gasteiger partial charge in [0.25, 0.3) is 0 Å². The van der Waals surface area contributed by atoms with Crippen LogP contribution >= 0.6 is 0 Å². The maximum absolute atomic E-state index is 6.27. The molecule has 12 atom stereocenters. The molecular weight excluding hydrogens is 364 g/mol. The van der Waals surface area contributed by atoms with Crippen LogP contribution in [0.3, 0.4) is 0 Å². The van der Waals surface area contributed by atoms with Gasteiger partial charge in [0.15, 0.2) is 5.79 Å². The summed E-state index contributed by atoms with van der Waals surface area (Å²) in [6.07, 6.45) is 5.45. The molecule has 0 amide bonds. The number of ether oxygens (including phenoxy) is 4. The number of hydrogen-bond acceptors (Lipinski definition) is 4. The van der Waals surface area contributed by atoms with Crippen molar-refractivity contribution in [3.8, 4) is 0 Å². The van der Waals surface area contributed by atoms with Crippen LogP contribution in [-0.2, 0) is 18.9 Å². The van der Waals surface area contributed by atoms with Crippen molar-refractivity contribution in [1.29, 1.82) is 0 Å². The first-order valence-electron chi connectivity index (χ1n) is 11.2. The Bertz CT molecular complexity index is 828. The quantitative estimate of drug-likeness (QED) is 0.445. The molecule has 0 N–H and O–H groups in total. The van der Waals surface area contributed by atoms with Crippen LogP contribution in [0.15, 0.2) is 36.4 Å². The summed E-state index contributed by atoms with van der Waals surface area (Å²) in [7, 11) is 7.51. The Labute approximate surface area is 172 Å². The second kappa shape index (κ2) is 5.53. The molecule has 154 valence electrons. The second-order valence-electron chi connectivity index (χ2n) is 10.1. The van der Waals surface area contributed by atoms with Crippen molar-refractivity contribution in [2.24, 2.45) is 47.3 Å². The van der Waals surface area contributed by atoms with Crippen LogP contribution in [0.5, 0.6) is 0 Å². The van der Waals surface area contributed by atoms with Crippen molar-refractivity contribution in [2.45, 2.75) is 29.8 Å². The van der Waals surface area contributed by atoms with E-state index in [1.807, 2.05) is 28.4 Å². The van der Waals surface area contributed by atoms with Crippen LogP contribution < -0.4 is 0 Å². The summed E-state index contributed by atoms with van der Waals surface area (Å²) in [6.45, 7) is 0. The van der Waals surface area contributed by atoms with Crippen LogP contribution in [0.25, 0.3) is 0 Å². The average Bonchev–Trinajstić information content (AvgIpc) is 3.56. The first-order valence-corrected chi connectivity index (χ1v) is 11.2. The van der Waals surface area contributed by atoms with Gasteiger partial charge in [-0.3, -0.25) is 0 Å². The number of methoxy groups -OCH3 is 4. The van der Waals surface area contributed by atoms with Crippen LogP contribution in [0.2, 0.25) is 0 Å². The summed E-state index contributed by atoms with van der Waals surface area (Å²) in [5, 5.41) is 0. The van der Waals surface area contributed by atoms with Gasteiger partial charge in [0.1, 0.15) is 0 Å². The van der Waals surface area contributed by atoms with Gasteiger partial charge >= 0.3 is 0 Å². The maximum Gasteiger partial charge on any atom is 0.180 e. The molecule has 2 unspecified atom stereocenters. The molecular formula is C25H30O4. The topological polar surface area (TPSA) is 36.9 Å². The normalized spacial score (nSPS) is 53.5. The molecule has 4 heteroatoms. The first-order chi connectivity index (χ1) is 14.2. The summed E-state index contributed by atoms with van der Waals surface area (Å²) in [4.78, 5) is 0. The van der Waals surface area contributed by atoms with Crippen LogP contribution in [-0.4, -0.2) is 46.4 Å². The SMILES string of the molecule is COC1[C@H]2[C@@H]3[C@H]([C@@H]1[C@H]1[C@@H]2[C@H]2c4ccccc4[C@@H]1C2OC)[C@@H]1C=C[C@H]3C1(OC)OC. The lowest BCUT2D eigenvalue weighted by molar-refractivity contribution is -0.238. The zero-order valence-electron chi connectivity index (χ0n) is 17.5. The van der Waals surface area contributed by atoms with Crippen molar-refractivity contribution in [3.63, 3.8) is 0 Å². The zero-order chi connectivity index (χ0) is 19.7. The summed E-state index contributed by atoms with van der Waals surface area (Å²) in [5.41, 5.74) is 3.07. The largest absolute Gasteiger partial charge is 0.381 e. The van der Waals surface area contributed by atoms with Gasteiger partial charge in [0.05, 0.1) is 12.2 Å². The lowest BCUT2D eigenvalue weighted by atomic mass is 9.60. The molecule has 6 aliphatic rings. The standard InChI is InChI=1S/C25H30O4/c1-26-23-15-11-7-5-6-8-12(11)16(23)20-19(15)21-17-13-9-10-14(25(13,28-3)29-4)18(17)22(20)24(21)27-2/h5-10,13-24H,1-4H3/t13-,14+,15-,16+,17+,18-,19+,20-,21+,22-,23?,24?. The zero-order valence-corrected chi connectivity index (χ0v) is 17.5. The number of fused-ring (bicyclic) bond motifs is 19. The fourth-order valence-corrected chi connectivity index (χ4v) is 9.89. The van der Waals surface area contributed by atoms with Gasteiger partial charge in [-0.1, -0.05) is 36.4 Å². The minimum Gasteiger partial charge on any atom is -0.381 e. The molecule has 1 aromatic rings. The number of benzene rings is 1. The van der Waals surface area contributed by atoms with Gasteiger partial charge in [0, 0.05) is 52.1 Å². The third-order valence-electron chi connectivity index (χ3n) is 10.1. The highest BCUT2D eigenvalue weighted by atomic mass is 16.7. The molecule has 0 aromatic heterocycles. The smallest absolute Gasteiger partial charge is 0.180 e. The number of rotatable bonds is 4. The molecule has 4 nitrogen and oxygen atoms in total. The highest BCUT2D eigenvalue weighted by Crippen LogP contribution is 2.79. The van der Waals surface area contributed by atoms with Crippen molar-refractivity contribution in [2.75, 3.05) is 28.4 Å². The van der Waals surface area contributed by atoms with E-state index in [4.69, 9.17) is 18.9 Å². The predicted molar refractivity (Wildman–Crippen MR) is 107 cm³/mol. The van der Waals surface area contributed by atoms with E-state index >= 15 is 0 Å². The lowest BCUT2D eigenvalue weighted by Crippen LogP contribution is -2.43. The van der Waals surface area contributed by atoms with Crippen molar-refractivity contribution in [3.05, 3.63) is 47.5 Å². The lowest BCUT2D eigenvalue weighted by Gasteiger charge is -2.43. The van der Waals surface area contributed by atoms with Gasteiger partial charge in [0.2, 0.25) is 0 Å². The summed E-state index contributed by atoms with van der Waals surface area (Å²) < 4.78 is 24.7. The second-order valence-corrected chi connectivity index (χ2v) is 10.1. The fraction of sp³-hybridized carbons (Fsp3) is 0.680. The molecule has 29 heavy (non-hydrogen) atoms. The molecule has 0 radical (unpaired) electrons. The Balaban J connectivity index is 1.39. The van der Waals surface area contributed by atoms with E-state index in [0.29, 0.717) is 71.4 Å². The van der Waals surface area contributed by atoms with Crippen molar-refractivity contribution >= 4 is 0 Å². The first kappa shape index (κ1) is 17.5. The van der Waals surface area contributed by atoms with Crippen molar-refractivity contribution in [1.82, 2.24) is 0 Å². The van der Waals surface area contributed by atoms with Gasteiger partial charge < -0.3 is 18.9 Å². The average molecular weight is 395 g/mol. The van der Waals surface area contributed by atoms with E-state index in [0.717, 1.165) is 0 Å². The molecule has 1 aromatic carbocycles. The minimum atomic E-state index is -0.476. The summed E-state index contributed by atoms with van der Waals surface area (Å²) >= 11 is 0. The highest BCUT2D eigenvalue weighted by molar-refractivity contribution is 5.49. The third kappa shape index (κ3) is 1.62. The van der Waals surface area contributed by atoms with Crippen LogP contribution in [0.4, 0.5) is 0 Å².